The number of aromatic nitrogens is 2. The number of para-hydroxylation sites is 2. The molecule has 1 amide bonds. The number of amides is 1. The smallest absolute Gasteiger partial charge is 0.248 e. The molecular formula is C14H12N4OS. The van der Waals surface area contributed by atoms with Gasteiger partial charge in [0.15, 0.2) is 5.16 Å². The van der Waals surface area contributed by atoms with Gasteiger partial charge in [0.1, 0.15) is 0 Å². The minimum absolute atomic E-state index is 0.399. The first-order valence-electron chi connectivity index (χ1n) is 5.95. The van der Waals surface area contributed by atoms with Crippen LogP contribution in [0.2, 0.25) is 0 Å². The average Bonchev–Trinajstić information content (AvgIpc) is 2.83. The highest BCUT2D eigenvalue weighted by Gasteiger charge is 2.09. The molecule has 0 saturated heterocycles. The van der Waals surface area contributed by atoms with Gasteiger partial charge in [-0.05, 0) is 42.1 Å². The fourth-order valence-corrected chi connectivity index (χ4v) is 2.70. The lowest BCUT2D eigenvalue weighted by Gasteiger charge is -2.04. The Bertz CT molecular complexity index is 764. The monoisotopic (exact) mass is 284 g/mol. The molecule has 0 atom stereocenters. The van der Waals surface area contributed by atoms with Crippen LogP contribution in [0.3, 0.4) is 0 Å². The van der Waals surface area contributed by atoms with Gasteiger partial charge in [0.05, 0.1) is 11.0 Å². The van der Waals surface area contributed by atoms with Crippen LogP contribution in [-0.2, 0) is 0 Å². The fourth-order valence-electron chi connectivity index (χ4n) is 1.88. The van der Waals surface area contributed by atoms with Gasteiger partial charge < -0.3 is 16.5 Å². The summed E-state index contributed by atoms with van der Waals surface area (Å²) in [6.07, 6.45) is 0. The molecule has 5 nitrogen and oxygen atoms in total. The van der Waals surface area contributed by atoms with Gasteiger partial charge >= 0.3 is 0 Å². The summed E-state index contributed by atoms with van der Waals surface area (Å²) in [5.74, 6) is -0.489. The third-order valence-corrected chi connectivity index (χ3v) is 3.85. The number of aromatic amines is 1. The van der Waals surface area contributed by atoms with Crippen molar-refractivity contribution in [2.24, 2.45) is 5.73 Å². The summed E-state index contributed by atoms with van der Waals surface area (Å²) >= 11 is 1.42. The number of benzene rings is 2. The summed E-state index contributed by atoms with van der Waals surface area (Å²) in [4.78, 5) is 19.6. The van der Waals surface area contributed by atoms with E-state index in [4.69, 9.17) is 11.5 Å². The highest BCUT2D eigenvalue weighted by Crippen LogP contribution is 2.31. The number of nitrogens with two attached hydrogens (primary N) is 2. The fraction of sp³-hybridized carbons (Fsp3) is 0. The molecule has 0 saturated carbocycles. The Morgan fingerprint density at radius 3 is 2.70 bits per heavy atom. The van der Waals surface area contributed by atoms with Crippen LogP contribution < -0.4 is 11.5 Å². The molecular weight excluding hydrogens is 272 g/mol. The van der Waals surface area contributed by atoms with Crippen LogP contribution in [0.15, 0.2) is 52.5 Å². The number of rotatable bonds is 3. The molecule has 100 valence electrons. The zero-order valence-electron chi connectivity index (χ0n) is 10.5. The van der Waals surface area contributed by atoms with Crippen LogP contribution in [-0.4, -0.2) is 15.9 Å². The van der Waals surface area contributed by atoms with E-state index < -0.39 is 5.91 Å². The highest BCUT2D eigenvalue weighted by atomic mass is 32.2. The number of nitrogens with one attached hydrogen (secondary N) is 1. The molecule has 1 aromatic heterocycles. The van der Waals surface area contributed by atoms with Gasteiger partial charge in [-0.15, -0.1) is 0 Å². The molecule has 0 aliphatic rings. The van der Waals surface area contributed by atoms with E-state index in [1.165, 1.54) is 11.8 Å². The molecule has 5 N–H and O–H groups in total. The second kappa shape index (κ2) is 4.90. The highest BCUT2D eigenvalue weighted by molar-refractivity contribution is 7.99. The summed E-state index contributed by atoms with van der Waals surface area (Å²) in [5, 5.41) is 0.754. The first-order chi connectivity index (χ1) is 9.63. The lowest BCUT2D eigenvalue weighted by molar-refractivity contribution is 0.100. The number of nitrogens with zero attached hydrogens (tertiary/aromatic N) is 1. The van der Waals surface area contributed by atoms with Crippen LogP contribution in [0.25, 0.3) is 11.0 Å². The summed E-state index contributed by atoms with van der Waals surface area (Å²) in [6.45, 7) is 0. The first-order valence-corrected chi connectivity index (χ1v) is 6.77. The van der Waals surface area contributed by atoms with Crippen LogP contribution in [0, 0.1) is 0 Å². The van der Waals surface area contributed by atoms with Gasteiger partial charge in [-0.3, -0.25) is 4.79 Å². The number of nitrogen functional groups attached to an aromatic ring is 1. The number of imidazole rings is 1. The average molecular weight is 284 g/mol. The van der Waals surface area contributed by atoms with E-state index in [-0.39, 0.29) is 0 Å². The number of H-pyrrole nitrogens is 1. The molecule has 2 aromatic carbocycles. The van der Waals surface area contributed by atoms with Crippen molar-refractivity contribution in [1.29, 1.82) is 0 Å². The number of carbonyl (C=O) groups is 1. The minimum atomic E-state index is -0.489. The van der Waals surface area contributed by atoms with Gasteiger partial charge in [-0.2, -0.15) is 0 Å². The molecule has 0 unspecified atom stereocenters. The Morgan fingerprint density at radius 1 is 1.20 bits per heavy atom. The van der Waals surface area contributed by atoms with Gasteiger partial charge in [-0.25, -0.2) is 4.98 Å². The number of anilines is 1. The van der Waals surface area contributed by atoms with Crippen LogP contribution >= 0.6 is 11.8 Å². The Labute approximate surface area is 119 Å². The van der Waals surface area contributed by atoms with Crippen molar-refractivity contribution in [3.63, 3.8) is 0 Å². The Balaban J connectivity index is 1.92. The third kappa shape index (κ3) is 2.33. The molecule has 1 heterocycles. The molecule has 3 rings (SSSR count). The van der Waals surface area contributed by atoms with Crippen molar-refractivity contribution in [3.05, 3.63) is 48.0 Å². The largest absolute Gasteiger partial charge is 0.398 e. The van der Waals surface area contributed by atoms with Gasteiger partial charge in [0, 0.05) is 16.1 Å². The quantitative estimate of drug-likeness (QED) is 0.643. The van der Waals surface area contributed by atoms with Crippen molar-refractivity contribution in [2.45, 2.75) is 10.1 Å². The number of hydrogen-bond donors (Lipinski definition) is 3. The Hall–Kier alpha value is -2.47. The van der Waals surface area contributed by atoms with Gasteiger partial charge in [-0.1, -0.05) is 12.1 Å². The van der Waals surface area contributed by atoms with E-state index in [1.807, 2.05) is 24.3 Å². The van der Waals surface area contributed by atoms with Crippen LogP contribution in [0.1, 0.15) is 10.4 Å². The molecule has 0 aliphatic carbocycles. The number of primary amides is 1. The summed E-state index contributed by atoms with van der Waals surface area (Å²) in [5.41, 5.74) is 13.9. The van der Waals surface area contributed by atoms with Gasteiger partial charge in [0.2, 0.25) is 5.91 Å². The normalized spacial score (nSPS) is 10.8. The Kier molecular flexibility index (Phi) is 3.08. The first kappa shape index (κ1) is 12.6. The summed E-state index contributed by atoms with van der Waals surface area (Å²) in [6, 6.07) is 12.8. The lowest BCUT2D eigenvalue weighted by Crippen LogP contribution is -2.11. The maximum Gasteiger partial charge on any atom is 0.248 e. The zero-order valence-corrected chi connectivity index (χ0v) is 11.3. The summed E-state index contributed by atoms with van der Waals surface area (Å²) in [7, 11) is 0. The van der Waals surface area contributed by atoms with E-state index in [9.17, 15) is 4.79 Å². The maximum absolute atomic E-state index is 11.1. The van der Waals surface area contributed by atoms with E-state index in [0.29, 0.717) is 11.3 Å². The van der Waals surface area contributed by atoms with E-state index in [0.717, 1.165) is 21.1 Å². The van der Waals surface area contributed by atoms with Crippen molar-refractivity contribution in [1.82, 2.24) is 9.97 Å². The molecule has 20 heavy (non-hydrogen) atoms. The van der Waals surface area contributed by atoms with Crippen molar-refractivity contribution in [2.75, 3.05) is 5.73 Å². The molecule has 3 aromatic rings. The van der Waals surface area contributed by atoms with E-state index >= 15 is 0 Å². The zero-order chi connectivity index (χ0) is 14.1. The molecule has 0 aliphatic heterocycles. The van der Waals surface area contributed by atoms with E-state index in [2.05, 4.69) is 9.97 Å². The van der Waals surface area contributed by atoms with Crippen LogP contribution in [0.5, 0.6) is 0 Å². The van der Waals surface area contributed by atoms with E-state index in [1.54, 1.807) is 18.2 Å². The van der Waals surface area contributed by atoms with Gasteiger partial charge in [0.25, 0.3) is 0 Å². The molecule has 0 fully saturated rings. The Morgan fingerprint density at radius 2 is 2.00 bits per heavy atom. The maximum atomic E-state index is 11.1. The molecule has 0 bridgehead atoms. The second-order valence-corrected chi connectivity index (χ2v) is 5.31. The second-order valence-electron chi connectivity index (χ2n) is 4.28. The predicted octanol–water partition coefficient (Wildman–Crippen LogP) is 2.40. The summed E-state index contributed by atoms with van der Waals surface area (Å²) < 4.78 is 0. The lowest BCUT2D eigenvalue weighted by atomic mass is 10.2. The van der Waals surface area contributed by atoms with Crippen molar-refractivity contribution in [3.8, 4) is 0 Å². The van der Waals surface area contributed by atoms with Crippen molar-refractivity contribution < 1.29 is 4.79 Å². The number of hydrogen-bond acceptors (Lipinski definition) is 4. The topological polar surface area (TPSA) is 97.8 Å². The molecule has 6 heteroatoms. The number of carbonyl (C=O) groups excluding carboxylic acids is 1. The molecule has 0 spiro atoms. The third-order valence-electron chi connectivity index (χ3n) is 2.87. The SMILES string of the molecule is NC(=O)c1ccc(Sc2nc3ccccc3[nH]2)c(N)c1. The van der Waals surface area contributed by atoms with Crippen molar-refractivity contribution >= 4 is 34.4 Å². The number of fused-ring (bicyclic) bond motifs is 1. The van der Waals surface area contributed by atoms with Crippen LogP contribution in [0.4, 0.5) is 5.69 Å². The predicted molar refractivity (Wildman–Crippen MR) is 79.6 cm³/mol. The minimum Gasteiger partial charge on any atom is -0.398 e. The molecule has 0 radical (unpaired) electrons. The standard InChI is InChI=1S/C14H12N4OS/c15-9-7-8(13(16)19)5-6-12(9)20-14-17-10-3-1-2-4-11(10)18-14/h1-7H,15H2,(H2,16,19)(H,17,18).